The molecular weight excluding hydrogens is 308 g/mol. The lowest BCUT2D eigenvalue weighted by Gasteiger charge is -2.34. The number of aromatic nitrogens is 2. The van der Waals surface area contributed by atoms with Crippen molar-refractivity contribution in [3.05, 3.63) is 42.1 Å². The number of aliphatic hydroxyl groups excluding tert-OH is 1. The average molecular weight is 332 g/mol. The molecule has 1 aromatic carbocycles. The Morgan fingerprint density at radius 2 is 1.83 bits per heavy atom. The maximum absolute atomic E-state index is 10.2. The van der Waals surface area contributed by atoms with Crippen molar-refractivity contribution in [2.45, 2.75) is 19.6 Å². The molecule has 0 spiro atoms. The first-order valence-electron chi connectivity index (χ1n) is 8.28. The third kappa shape index (κ3) is 5.02. The van der Waals surface area contributed by atoms with E-state index >= 15 is 0 Å². The summed E-state index contributed by atoms with van der Waals surface area (Å²) in [4.78, 5) is 4.55. The van der Waals surface area contributed by atoms with Gasteiger partial charge in [-0.25, -0.2) is 0 Å². The lowest BCUT2D eigenvalue weighted by molar-refractivity contribution is 0.0430. The molecular formula is C17H24N4O3. The van der Waals surface area contributed by atoms with E-state index < -0.39 is 6.10 Å². The van der Waals surface area contributed by atoms with Crippen molar-refractivity contribution in [3.63, 3.8) is 0 Å². The molecule has 1 saturated heterocycles. The summed E-state index contributed by atoms with van der Waals surface area (Å²) in [5.74, 6) is 2.05. The first-order chi connectivity index (χ1) is 11.7. The Morgan fingerprint density at radius 3 is 2.50 bits per heavy atom. The SMILES string of the molecule is Cc1nnc(CN2CCN(CC(O)COc3ccccc3)CC2)o1. The van der Waals surface area contributed by atoms with Crippen LogP contribution in [0.4, 0.5) is 0 Å². The molecule has 7 nitrogen and oxygen atoms in total. The fourth-order valence-electron chi connectivity index (χ4n) is 2.78. The number of aryl methyl sites for hydroxylation is 1. The molecule has 0 saturated carbocycles. The van der Waals surface area contributed by atoms with Gasteiger partial charge < -0.3 is 14.3 Å². The van der Waals surface area contributed by atoms with Crippen molar-refractivity contribution in [1.29, 1.82) is 0 Å². The van der Waals surface area contributed by atoms with Crippen LogP contribution in [0.2, 0.25) is 0 Å². The first-order valence-corrected chi connectivity index (χ1v) is 8.28. The molecule has 2 aromatic rings. The Morgan fingerprint density at radius 1 is 1.12 bits per heavy atom. The number of hydrogen-bond donors (Lipinski definition) is 1. The zero-order valence-corrected chi connectivity index (χ0v) is 14.0. The van der Waals surface area contributed by atoms with Crippen LogP contribution in [0.15, 0.2) is 34.7 Å². The molecule has 130 valence electrons. The van der Waals surface area contributed by atoms with E-state index in [1.807, 2.05) is 30.3 Å². The lowest BCUT2D eigenvalue weighted by atomic mass is 10.2. The normalized spacial score (nSPS) is 17.8. The molecule has 0 amide bonds. The number of rotatable bonds is 7. The Bertz CT molecular complexity index is 611. The number of aliphatic hydroxyl groups is 1. The van der Waals surface area contributed by atoms with Gasteiger partial charge in [0.15, 0.2) is 0 Å². The first kappa shape index (κ1) is 16.9. The largest absolute Gasteiger partial charge is 0.491 e. The highest BCUT2D eigenvalue weighted by Gasteiger charge is 2.20. The monoisotopic (exact) mass is 332 g/mol. The number of piperazine rings is 1. The van der Waals surface area contributed by atoms with Crippen molar-refractivity contribution in [2.75, 3.05) is 39.3 Å². The molecule has 0 bridgehead atoms. The molecule has 1 fully saturated rings. The van der Waals surface area contributed by atoms with Gasteiger partial charge in [-0.1, -0.05) is 18.2 Å². The van der Waals surface area contributed by atoms with Gasteiger partial charge in [0.2, 0.25) is 11.8 Å². The van der Waals surface area contributed by atoms with E-state index in [1.54, 1.807) is 6.92 Å². The summed E-state index contributed by atoms with van der Waals surface area (Å²) in [7, 11) is 0. The Kier molecular flexibility index (Phi) is 5.79. The van der Waals surface area contributed by atoms with Crippen molar-refractivity contribution in [2.24, 2.45) is 0 Å². The summed E-state index contributed by atoms with van der Waals surface area (Å²) in [5.41, 5.74) is 0. The quantitative estimate of drug-likeness (QED) is 0.808. The van der Waals surface area contributed by atoms with E-state index in [4.69, 9.17) is 9.15 Å². The van der Waals surface area contributed by atoms with Crippen molar-refractivity contribution in [3.8, 4) is 5.75 Å². The second-order valence-corrected chi connectivity index (χ2v) is 6.07. The summed E-state index contributed by atoms with van der Waals surface area (Å²) in [6, 6.07) is 9.57. The van der Waals surface area contributed by atoms with Gasteiger partial charge in [-0.3, -0.25) is 9.80 Å². The van der Waals surface area contributed by atoms with Crippen molar-refractivity contribution >= 4 is 0 Å². The average Bonchev–Trinajstić information content (AvgIpc) is 3.01. The molecule has 0 radical (unpaired) electrons. The molecule has 1 atom stereocenters. The summed E-state index contributed by atoms with van der Waals surface area (Å²) in [6.45, 7) is 7.10. The molecule has 1 N–H and O–H groups in total. The Hall–Kier alpha value is -1.96. The maximum Gasteiger partial charge on any atom is 0.230 e. The number of β-amino-alcohol motifs (C(OH)–C–C–N with tert-alkyl or cyclic N) is 1. The minimum Gasteiger partial charge on any atom is -0.491 e. The molecule has 1 unspecified atom stereocenters. The van der Waals surface area contributed by atoms with Crippen LogP contribution in [0.5, 0.6) is 5.75 Å². The third-order valence-corrected chi connectivity index (χ3v) is 4.05. The Balaban J connectivity index is 1.35. The number of para-hydroxylation sites is 1. The van der Waals surface area contributed by atoms with Crippen LogP contribution in [-0.4, -0.2) is 70.5 Å². The van der Waals surface area contributed by atoms with Gasteiger partial charge >= 0.3 is 0 Å². The van der Waals surface area contributed by atoms with Gasteiger partial charge in [-0.2, -0.15) is 0 Å². The molecule has 3 rings (SSSR count). The lowest BCUT2D eigenvalue weighted by Crippen LogP contribution is -2.48. The fourth-order valence-corrected chi connectivity index (χ4v) is 2.78. The predicted octanol–water partition coefficient (Wildman–Crippen LogP) is 0.936. The molecule has 2 heterocycles. The summed E-state index contributed by atoms with van der Waals surface area (Å²) >= 11 is 0. The van der Waals surface area contributed by atoms with Crippen LogP contribution >= 0.6 is 0 Å². The molecule has 1 aliphatic rings. The minimum atomic E-state index is -0.490. The van der Waals surface area contributed by atoms with E-state index in [-0.39, 0.29) is 0 Å². The van der Waals surface area contributed by atoms with Gasteiger partial charge in [0.05, 0.1) is 6.54 Å². The minimum absolute atomic E-state index is 0.311. The van der Waals surface area contributed by atoms with Crippen LogP contribution < -0.4 is 4.74 Å². The van der Waals surface area contributed by atoms with Gasteiger partial charge in [-0.15, -0.1) is 10.2 Å². The summed E-state index contributed by atoms with van der Waals surface area (Å²) < 4.78 is 11.0. The summed E-state index contributed by atoms with van der Waals surface area (Å²) in [6.07, 6.45) is -0.490. The molecule has 24 heavy (non-hydrogen) atoms. The van der Waals surface area contributed by atoms with E-state index in [1.165, 1.54) is 0 Å². The maximum atomic E-state index is 10.2. The number of hydrogen-bond acceptors (Lipinski definition) is 7. The third-order valence-electron chi connectivity index (χ3n) is 4.05. The van der Waals surface area contributed by atoms with Gasteiger partial charge in [0, 0.05) is 39.6 Å². The zero-order valence-electron chi connectivity index (χ0n) is 14.0. The number of ether oxygens (including phenoxy) is 1. The van der Waals surface area contributed by atoms with Crippen molar-refractivity contribution < 1.29 is 14.3 Å². The fraction of sp³-hybridized carbons (Fsp3) is 0.529. The molecule has 7 heteroatoms. The second-order valence-electron chi connectivity index (χ2n) is 6.07. The predicted molar refractivity (Wildman–Crippen MR) is 88.7 cm³/mol. The van der Waals surface area contributed by atoms with E-state index in [0.717, 1.165) is 31.9 Å². The van der Waals surface area contributed by atoms with E-state index in [0.29, 0.717) is 31.5 Å². The van der Waals surface area contributed by atoms with Crippen LogP contribution in [0, 0.1) is 6.92 Å². The highest BCUT2D eigenvalue weighted by atomic mass is 16.5. The summed E-state index contributed by atoms with van der Waals surface area (Å²) in [5, 5.41) is 18.0. The Labute approximate surface area is 141 Å². The number of nitrogens with zero attached hydrogens (tertiary/aromatic N) is 4. The van der Waals surface area contributed by atoms with Crippen LogP contribution in [0.3, 0.4) is 0 Å². The van der Waals surface area contributed by atoms with Crippen LogP contribution in [-0.2, 0) is 6.54 Å². The van der Waals surface area contributed by atoms with Gasteiger partial charge in [0.1, 0.15) is 18.5 Å². The van der Waals surface area contributed by atoms with Gasteiger partial charge in [-0.05, 0) is 12.1 Å². The highest BCUT2D eigenvalue weighted by Crippen LogP contribution is 2.10. The molecule has 0 aliphatic carbocycles. The highest BCUT2D eigenvalue weighted by molar-refractivity contribution is 5.20. The molecule has 1 aliphatic heterocycles. The van der Waals surface area contributed by atoms with E-state index in [2.05, 4.69) is 20.0 Å². The standard InChI is InChI=1S/C17H24N4O3/c1-14-18-19-17(24-14)12-21-9-7-20(8-10-21)11-15(22)13-23-16-5-3-2-4-6-16/h2-6,15,22H,7-13H2,1H3. The number of benzene rings is 1. The second kappa shape index (κ2) is 8.23. The smallest absolute Gasteiger partial charge is 0.230 e. The van der Waals surface area contributed by atoms with Crippen LogP contribution in [0.25, 0.3) is 0 Å². The topological polar surface area (TPSA) is 74.9 Å². The van der Waals surface area contributed by atoms with Crippen molar-refractivity contribution in [1.82, 2.24) is 20.0 Å². The zero-order chi connectivity index (χ0) is 16.8. The van der Waals surface area contributed by atoms with Crippen LogP contribution in [0.1, 0.15) is 11.8 Å². The van der Waals surface area contributed by atoms with Gasteiger partial charge in [0.25, 0.3) is 0 Å². The van der Waals surface area contributed by atoms with E-state index in [9.17, 15) is 5.11 Å². The molecule has 1 aromatic heterocycles.